The van der Waals surface area contributed by atoms with Crippen LogP contribution < -0.4 is 4.72 Å². The highest BCUT2D eigenvalue weighted by Gasteiger charge is 2.27. The summed E-state index contributed by atoms with van der Waals surface area (Å²) in [6.07, 6.45) is 1.12. The van der Waals surface area contributed by atoms with Gasteiger partial charge in [-0.15, -0.1) is 11.3 Å². The summed E-state index contributed by atoms with van der Waals surface area (Å²) in [4.78, 5) is 14.2. The molecule has 0 bridgehead atoms. The van der Waals surface area contributed by atoms with Crippen LogP contribution in [0.15, 0.2) is 39.9 Å². The molecular weight excluding hydrogens is 403 g/mol. The molecule has 9 heteroatoms. The van der Waals surface area contributed by atoms with E-state index < -0.39 is 10.0 Å². The fourth-order valence-corrected chi connectivity index (χ4v) is 5.59. The number of piperidine rings is 1. The number of benzene rings is 1. The normalized spacial score (nSPS) is 16.2. The Morgan fingerprint density at radius 2 is 1.80 bits per heavy atom. The number of nitrogens with one attached hydrogen (secondary N) is 1. The Hall–Kier alpha value is -1.12. The average molecular weight is 419 g/mol. The average Bonchev–Trinajstić information content (AvgIpc) is 3.09. The number of amides is 1. The van der Waals surface area contributed by atoms with Crippen molar-refractivity contribution in [3.05, 3.63) is 51.3 Å². The number of hydrogen-bond acceptors (Lipinski definition) is 4. The van der Waals surface area contributed by atoms with Gasteiger partial charge < -0.3 is 4.90 Å². The fraction of sp³-hybridized carbons (Fsp3) is 0.312. The monoisotopic (exact) mass is 418 g/mol. The zero-order valence-electron chi connectivity index (χ0n) is 13.1. The lowest BCUT2D eigenvalue weighted by Crippen LogP contribution is -2.46. The molecule has 2 aromatic rings. The van der Waals surface area contributed by atoms with Crippen molar-refractivity contribution in [2.45, 2.75) is 23.1 Å². The van der Waals surface area contributed by atoms with Gasteiger partial charge in [0.2, 0.25) is 10.0 Å². The molecule has 0 unspecified atom stereocenters. The quantitative estimate of drug-likeness (QED) is 0.823. The van der Waals surface area contributed by atoms with Crippen LogP contribution in [0.25, 0.3) is 0 Å². The maximum Gasteiger partial charge on any atom is 0.253 e. The lowest BCUT2D eigenvalue weighted by atomic mass is 10.0. The van der Waals surface area contributed by atoms with E-state index in [0.717, 1.165) is 0 Å². The SMILES string of the molecule is O=C(c1cc(Cl)cc(Cl)c1)N1CCC(NS(=O)(=O)c2cccs2)CC1. The Labute approximate surface area is 160 Å². The van der Waals surface area contributed by atoms with Crippen molar-refractivity contribution < 1.29 is 13.2 Å². The van der Waals surface area contributed by atoms with Gasteiger partial charge in [0.05, 0.1) is 0 Å². The summed E-state index contributed by atoms with van der Waals surface area (Å²) >= 11 is 13.1. The Balaban J connectivity index is 1.61. The minimum Gasteiger partial charge on any atom is -0.339 e. The maximum absolute atomic E-state index is 12.6. The van der Waals surface area contributed by atoms with Crippen LogP contribution in [-0.4, -0.2) is 38.4 Å². The third kappa shape index (κ3) is 4.54. The molecule has 1 saturated heterocycles. The molecule has 1 N–H and O–H groups in total. The predicted octanol–water partition coefficient (Wildman–Crippen LogP) is 3.64. The first-order valence-corrected chi connectivity index (χ1v) is 10.8. The van der Waals surface area contributed by atoms with Gasteiger partial charge in [-0.1, -0.05) is 29.3 Å². The van der Waals surface area contributed by atoms with E-state index in [2.05, 4.69) is 4.72 Å². The molecule has 0 aliphatic carbocycles. The van der Waals surface area contributed by atoms with Gasteiger partial charge in [0, 0.05) is 34.7 Å². The third-order valence-corrected chi connectivity index (χ3v) is 7.33. The number of halogens is 2. The van der Waals surface area contributed by atoms with Crippen LogP contribution in [0, 0.1) is 0 Å². The number of hydrogen-bond donors (Lipinski definition) is 1. The Bertz CT molecular complexity index is 841. The fourth-order valence-electron chi connectivity index (χ4n) is 2.75. The van der Waals surface area contributed by atoms with Gasteiger partial charge >= 0.3 is 0 Å². The first-order chi connectivity index (χ1) is 11.8. The molecule has 25 heavy (non-hydrogen) atoms. The number of carbonyl (C=O) groups excluding carboxylic acids is 1. The van der Waals surface area contributed by atoms with E-state index in [4.69, 9.17) is 23.2 Å². The van der Waals surface area contributed by atoms with Gasteiger partial charge in [-0.2, -0.15) is 0 Å². The smallest absolute Gasteiger partial charge is 0.253 e. The van der Waals surface area contributed by atoms with Crippen molar-refractivity contribution in [3.63, 3.8) is 0 Å². The molecular formula is C16H16Cl2N2O3S2. The van der Waals surface area contributed by atoms with Gasteiger partial charge in [-0.05, 0) is 42.5 Å². The zero-order valence-corrected chi connectivity index (χ0v) is 16.3. The Kier molecular flexibility index (Phi) is 5.70. The van der Waals surface area contributed by atoms with Crippen LogP contribution in [0.4, 0.5) is 0 Å². The van der Waals surface area contributed by atoms with Gasteiger partial charge in [0.25, 0.3) is 5.91 Å². The maximum atomic E-state index is 12.6. The second-order valence-corrected chi connectivity index (χ2v) is 9.54. The Morgan fingerprint density at radius 1 is 1.16 bits per heavy atom. The van der Waals surface area contributed by atoms with Crippen molar-refractivity contribution in [1.29, 1.82) is 0 Å². The van der Waals surface area contributed by atoms with E-state index in [9.17, 15) is 13.2 Å². The number of thiophene rings is 1. The van der Waals surface area contributed by atoms with E-state index in [-0.39, 0.29) is 11.9 Å². The van der Waals surface area contributed by atoms with Gasteiger partial charge in [-0.3, -0.25) is 4.79 Å². The summed E-state index contributed by atoms with van der Waals surface area (Å²) in [5.74, 6) is -0.149. The number of nitrogens with zero attached hydrogens (tertiary/aromatic N) is 1. The first-order valence-electron chi connectivity index (χ1n) is 7.66. The standard InChI is InChI=1S/C16H16Cl2N2O3S2/c17-12-8-11(9-13(18)10-12)16(21)20-5-3-14(4-6-20)19-25(22,23)15-2-1-7-24-15/h1-2,7-10,14,19H,3-6H2. The second-order valence-electron chi connectivity index (χ2n) is 5.78. The number of carbonyl (C=O) groups is 1. The van der Waals surface area contributed by atoms with Crippen molar-refractivity contribution in [2.24, 2.45) is 0 Å². The molecule has 0 radical (unpaired) electrons. The summed E-state index contributed by atoms with van der Waals surface area (Å²) in [5.41, 5.74) is 0.440. The molecule has 1 fully saturated rings. The molecule has 1 aromatic heterocycles. The molecule has 1 aliphatic heterocycles. The van der Waals surface area contributed by atoms with Crippen molar-refractivity contribution in [2.75, 3.05) is 13.1 Å². The van der Waals surface area contributed by atoms with Crippen molar-refractivity contribution >= 4 is 50.5 Å². The predicted molar refractivity (Wildman–Crippen MR) is 100 cm³/mol. The van der Waals surface area contributed by atoms with E-state index in [0.29, 0.717) is 45.7 Å². The highest BCUT2D eigenvalue weighted by molar-refractivity contribution is 7.91. The molecule has 2 heterocycles. The highest BCUT2D eigenvalue weighted by Crippen LogP contribution is 2.23. The molecule has 0 spiro atoms. The zero-order chi connectivity index (χ0) is 18.0. The molecule has 0 atom stereocenters. The van der Waals surface area contributed by atoms with Crippen LogP contribution in [0.5, 0.6) is 0 Å². The van der Waals surface area contributed by atoms with Gasteiger partial charge in [-0.25, -0.2) is 13.1 Å². The van der Waals surface area contributed by atoms with Crippen molar-refractivity contribution in [3.8, 4) is 0 Å². The number of likely N-dealkylation sites (tertiary alicyclic amines) is 1. The molecule has 1 amide bonds. The lowest BCUT2D eigenvalue weighted by Gasteiger charge is -2.32. The van der Waals surface area contributed by atoms with Gasteiger partial charge in [0.1, 0.15) is 4.21 Å². The molecule has 1 aromatic carbocycles. The van der Waals surface area contributed by atoms with Crippen LogP contribution in [-0.2, 0) is 10.0 Å². The second kappa shape index (κ2) is 7.63. The molecule has 134 valence electrons. The first kappa shape index (κ1) is 18.7. The minimum atomic E-state index is -3.49. The van der Waals surface area contributed by atoms with Crippen LogP contribution in [0.3, 0.4) is 0 Å². The van der Waals surface area contributed by atoms with Crippen LogP contribution in [0.1, 0.15) is 23.2 Å². The van der Waals surface area contributed by atoms with Crippen LogP contribution >= 0.6 is 34.5 Å². The summed E-state index contributed by atoms with van der Waals surface area (Å²) in [7, 11) is -3.49. The highest BCUT2D eigenvalue weighted by atomic mass is 35.5. The molecule has 1 aliphatic rings. The van der Waals surface area contributed by atoms with E-state index >= 15 is 0 Å². The molecule has 0 saturated carbocycles. The minimum absolute atomic E-state index is 0.149. The summed E-state index contributed by atoms with van der Waals surface area (Å²) in [5, 5.41) is 2.55. The van der Waals surface area contributed by atoms with E-state index in [1.807, 2.05) is 0 Å². The topological polar surface area (TPSA) is 66.5 Å². The summed E-state index contributed by atoms with van der Waals surface area (Å²) < 4.78 is 27.5. The van der Waals surface area contributed by atoms with Crippen LogP contribution in [0.2, 0.25) is 10.0 Å². The number of rotatable bonds is 4. The van der Waals surface area contributed by atoms with E-state index in [1.165, 1.54) is 11.3 Å². The third-order valence-electron chi connectivity index (χ3n) is 3.97. The molecule has 5 nitrogen and oxygen atoms in total. The van der Waals surface area contributed by atoms with Gasteiger partial charge in [0.15, 0.2) is 0 Å². The molecule has 3 rings (SSSR count). The summed E-state index contributed by atoms with van der Waals surface area (Å²) in [6.45, 7) is 0.946. The van der Waals surface area contributed by atoms with Crippen molar-refractivity contribution in [1.82, 2.24) is 9.62 Å². The van der Waals surface area contributed by atoms with E-state index in [1.54, 1.807) is 40.6 Å². The number of sulfonamides is 1. The largest absolute Gasteiger partial charge is 0.339 e. The lowest BCUT2D eigenvalue weighted by molar-refractivity contribution is 0.0711. The summed E-state index contributed by atoms with van der Waals surface area (Å²) in [6, 6.07) is 7.85. The Morgan fingerprint density at radius 3 is 2.36 bits per heavy atom.